The van der Waals surface area contributed by atoms with Gasteiger partial charge in [0.2, 0.25) is 11.8 Å². The van der Waals surface area contributed by atoms with Gasteiger partial charge in [-0.2, -0.15) is 0 Å². The first-order valence-electron chi connectivity index (χ1n) is 12.2. The minimum absolute atomic E-state index is 0.0959. The summed E-state index contributed by atoms with van der Waals surface area (Å²) >= 11 is 0. The molecule has 0 aliphatic carbocycles. The molecule has 3 amide bonds. The molecule has 3 N–H and O–H groups in total. The second-order valence-electron chi connectivity index (χ2n) is 10.9. The van der Waals surface area contributed by atoms with Gasteiger partial charge in [0.05, 0.1) is 6.61 Å². The monoisotopic (exact) mass is 501 g/mol. The standard InChI is InChI=1S/C27H39N3O6/c1-8-18-11-12-19(21(16-18)35-15-14-31)17-28-23(32)20-10-9-13-30(20)24(33)22(26(2,3)4)29-25(34)36-27(5,6)7/h1,11-12,16,20,22,31H,9-10,13-15,17H2,2-7H3,(H,28,32)(H,29,34). The SMILES string of the molecule is C#Cc1ccc(CNC(=O)C2CCCN2C(=O)C(NC(=O)OC(C)(C)C)C(C)(C)C)c(OCCO)c1. The fourth-order valence-electron chi connectivity index (χ4n) is 3.92. The number of alkyl carbamates (subject to hydrolysis) is 1. The highest BCUT2D eigenvalue weighted by molar-refractivity contribution is 5.92. The summed E-state index contributed by atoms with van der Waals surface area (Å²) in [5.74, 6) is 2.40. The van der Waals surface area contributed by atoms with Gasteiger partial charge in [-0.05, 0) is 51.2 Å². The molecule has 9 nitrogen and oxygen atoms in total. The van der Waals surface area contributed by atoms with Crippen LogP contribution in [-0.2, 0) is 20.9 Å². The zero-order chi connectivity index (χ0) is 27.1. The molecule has 1 fully saturated rings. The van der Waals surface area contributed by atoms with E-state index < -0.39 is 29.2 Å². The number of rotatable bonds is 8. The highest BCUT2D eigenvalue weighted by Gasteiger charge is 2.42. The van der Waals surface area contributed by atoms with E-state index in [9.17, 15) is 14.4 Å². The number of nitrogens with one attached hydrogen (secondary N) is 2. The molecule has 2 unspecified atom stereocenters. The zero-order valence-electron chi connectivity index (χ0n) is 22.1. The van der Waals surface area contributed by atoms with Crippen LogP contribution in [-0.4, -0.2) is 65.4 Å². The Bertz CT molecular complexity index is 987. The van der Waals surface area contributed by atoms with Gasteiger partial charge in [0, 0.05) is 24.2 Å². The first-order chi connectivity index (χ1) is 16.8. The molecular formula is C27H39N3O6. The molecule has 1 aliphatic heterocycles. The Labute approximate surface area is 213 Å². The van der Waals surface area contributed by atoms with Gasteiger partial charge in [0.25, 0.3) is 0 Å². The quantitative estimate of drug-likeness (QED) is 0.472. The van der Waals surface area contributed by atoms with Crippen molar-refractivity contribution in [3.05, 3.63) is 29.3 Å². The second kappa shape index (κ2) is 12.1. The molecule has 0 saturated carbocycles. The summed E-state index contributed by atoms with van der Waals surface area (Å²) in [6.07, 6.45) is 5.98. The third-order valence-corrected chi connectivity index (χ3v) is 5.65. The molecule has 0 aromatic heterocycles. The highest BCUT2D eigenvalue weighted by atomic mass is 16.6. The number of ether oxygens (including phenoxy) is 2. The van der Waals surface area contributed by atoms with Crippen LogP contribution in [0.3, 0.4) is 0 Å². The molecule has 1 saturated heterocycles. The van der Waals surface area contributed by atoms with Crippen molar-refractivity contribution >= 4 is 17.9 Å². The van der Waals surface area contributed by atoms with E-state index in [1.54, 1.807) is 39.0 Å². The van der Waals surface area contributed by atoms with Gasteiger partial charge in [-0.15, -0.1) is 6.42 Å². The molecule has 0 radical (unpaired) electrons. The summed E-state index contributed by atoms with van der Waals surface area (Å²) in [6, 6.07) is 3.67. The van der Waals surface area contributed by atoms with Crippen LogP contribution in [0, 0.1) is 17.8 Å². The number of nitrogens with zero attached hydrogens (tertiary/aromatic N) is 1. The van der Waals surface area contributed by atoms with Crippen molar-refractivity contribution in [3.8, 4) is 18.1 Å². The maximum absolute atomic E-state index is 13.5. The second-order valence-corrected chi connectivity index (χ2v) is 10.9. The van der Waals surface area contributed by atoms with Crippen LogP contribution in [0.2, 0.25) is 0 Å². The first kappa shape index (κ1) is 29.0. The van der Waals surface area contributed by atoms with Crippen LogP contribution in [0.1, 0.15) is 65.5 Å². The molecule has 198 valence electrons. The highest BCUT2D eigenvalue weighted by Crippen LogP contribution is 2.27. The van der Waals surface area contributed by atoms with E-state index in [-0.39, 0.29) is 31.6 Å². The molecule has 0 bridgehead atoms. The zero-order valence-corrected chi connectivity index (χ0v) is 22.1. The Morgan fingerprint density at radius 2 is 1.92 bits per heavy atom. The summed E-state index contributed by atoms with van der Waals surface area (Å²) in [5, 5.41) is 14.7. The minimum atomic E-state index is -0.865. The van der Waals surface area contributed by atoms with E-state index in [2.05, 4.69) is 16.6 Å². The third kappa shape index (κ3) is 8.16. The number of terminal acetylenes is 1. The number of hydrogen-bond donors (Lipinski definition) is 3. The maximum atomic E-state index is 13.5. The molecule has 36 heavy (non-hydrogen) atoms. The molecular weight excluding hydrogens is 462 g/mol. The average molecular weight is 502 g/mol. The van der Waals surface area contributed by atoms with Crippen molar-refractivity contribution in [2.45, 2.75) is 78.6 Å². The Kier molecular flexibility index (Phi) is 9.77. The van der Waals surface area contributed by atoms with E-state index in [4.69, 9.17) is 21.0 Å². The van der Waals surface area contributed by atoms with Gasteiger partial charge in [-0.25, -0.2) is 4.79 Å². The first-order valence-corrected chi connectivity index (χ1v) is 12.2. The van der Waals surface area contributed by atoms with Crippen LogP contribution >= 0.6 is 0 Å². The Balaban J connectivity index is 2.13. The van der Waals surface area contributed by atoms with Crippen LogP contribution < -0.4 is 15.4 Å². The number of amides is 3. The predicted octanol–water partition coefficient (Wildman–Crippen LogP) is 2.59. The lowest BCUT2D eigenvalue weighted by atomic mass is 9.85. The molecule has 9 heteroatoms. The molecule has 1 aromatic rings. The van der Waals surface area contributed by atoms with Crippen molar-refractivity contribution < 1.29 is 29.0 Å². The van der Waals surface area contributed by atoms with Crippen molar-refractivity contribution in [1.29, 1.82) is 0 Å². The number of carbonyl (C=O) groups excluding carboxylic acids is 3. The largest absolute Gasteiger partial charge is 0.491 e. The fourth-order valence-corrected chi connectivity index (χ4v) is 3.92. The van der Waals surface area contributed by atoms with Gasteiger partial charge in [0.15, 0.2) is 0 Å². The lowest BCUT2D eigenvalue weighted by Crippen LogP contribution is -2.58. The van der Waals surface area contributed by atoms with Gasteiger partial charge in [-0.3, -0.25) is 9.59 Å². The number of aliphatic hydroxyl groups excluding tert-OH is 1. The van der Waals surface area contributed by atoms with Gasteiger partial charge >= 0.3 is 6.09 Å². The topological polar surface area (TPSA) is 117 Å². The van der Waals surface area contributed by atoms with E-state index in [0.717, 1.165) is 0 Å². The average Bonchev–Trinajstić information content (AvgIpc) is 3.27. The predicted molar refractivity (Wildman–Crippen MR) is 136 cm³/mol. The number of likely N-dealkylation sites (tertiary alicyclic amines) is 1. The maximum Gasteiger partial charge on any atom is 0.408 e. The van der Waals surface area contributed by atoms with Crippen LogP contribution in [0.15, 0.2) is 18.2 Å². The molecule has 1 aromatic carbocycles. The van der Waals surface area contributed by atoms with Gasteiger partial charge < -0.3 is 30.1 Å². The van der Waals surface area contributed by atoms with Crippen molar-refractivity contribution in [3.63, 3.8) is 0 Å². The third-order valence-electron chi connectivity index (χ3n) is 5.65. The molecule has 2 rings (SSSR count). The minimum Gasteiger partial charge on any atom is -0.491 e. The normalized spacial score (nSPS) is 16.6. The van der Waals surface area contributed by atoms with Crippen molar-refractivity contribution in [2.24, 2.45) is 5.41 Å². The summed E-state index contributed by atoms with van der Waals surface area (Å²) in [4.78, 5) is 40.6. The van der Waals surface area contributed by atoms with E-state index in [0.29, 0.717) is 36.3 Å². The lowest BCUT2D eigenvalue weighted by molar-refractivity contribution is -0.142. The summed E-state index contributed by atoms with van der Waals surface area (Å²) in [5.41, 5.74) is 0.0150. The van der Waals surface area contributed by atoms with E-state index in [1.165, 1.54) is 4.90 Å². The van der Waals surface area contributed by atoms with Crippen molar-refractivity contribution in [2.75, 3.05) is 19.8 Å². The summed E-state index contributed by atoms with van der Waals surface area (Å²) in [6.45, 7) is 11.3. The molecule has 0 spiro atoms. The number of carbonyl (C=O) groups is 3. The van der Waals surface area contributed by atoms with Gasteiger partial charge in [-0.1, -0.05) is 32.8 Å². The van der Waals surface area contributed by atoms with Gasteiger partial charge in [0.1, 0.15) is 30.0 Å². The van der Waals surface area contributed by atoms with E-state index in [1.807, 2.05) is 20.8 Å². The molecule has 1 heterocycles. The number of benzene rings is 1. The number of hydrogen-bond acceptors (Lipinski definition) is 6. The van der Waals surface area contributed by atoms with Crippen LogP contribution in [0.4, 0.5) is 4.79 Å². The Morgan fingerprint density at radius 1 is 1.22 bits per heavy atom. The van der Waals surface area contributed by atoms with E-state index >= 15 is 0 Å². The molecule has 2 atom stereocenters. The van der Waals surface area contributed by atoms with Crippen molar-refractivity contribution in [1.82, 2.24) is 15.5 Å². The lowest BCUT2D eigenvalue weighted by Gasteiger charge is -2.35. The fraction of sp³-hybridized carbons (Fsp3) is 0.593. The molecule has 1 aliphatic rings. The Hall–Kier alpha value is -3.25. The summed E-state index contributed by atoms with van der Waals surface area (Å²) in [7, 11) is 0. The smallest absolute Gasteiger partial charge is 0.408 e. The number of aliphatic hydroxyl groups is 1. The van der Waals surface area contributed by atoms with Crippen LogP contribution in [0.5, 0.6) is 5.75 Å². The van der Waals surface area contributed by atoms with Crippen LogP contribution in [0.25, 0.3) is 0 Å². The Morgan fingerprint density at radius 3 is 2.50 bits per heavy atom. The summed E-state index contributed by atoms with van der Waals surface area (Å²) < 4.78 is 10.9.